The Kier molecular flexibility index (Phi) is 5.57. The Morgan fingerprint density at radius 2 is 1.70 bits per heavy atom. The first-order valence-corrected chi connectivity index (χ1v) is 8.39. The summed E-state index contributed by atoms with van der Waals surface area (Å²) in [5, 5.41) is 0. The van der Waals surface area contributed by atoms with Crippen LogP contribution >= 0.6 is 22.6 Å². The van der Waals surface area contributed by atoms with E-state index in [1.807, 2.05) is 12.1 Å². The first kappa shape index (κ1) is 15.5. The molecular weight excluding hydrogens is 365 g/mol. The van der Waals surface area contributed by atoms with Crippen molar-refractivity contribution in [2.24, 2.45) is 0 Å². The van der Waals surface area contributed by atoms with Crippen LogP contribution in [0.1, 0.15) is 66.2 Å². The molecule has 2 amide bonds. The molecule has 0 unspecified atom stereocenters. The first-order valence-electron chi connectivity index (χ1n) is 7.31. The monoisotopic (exact) mass is 385 g/mol. The number of hydrogen-bond acceptors (Lipinski definition) is 2. The van der Waals surface area contributed by atoms with Gasteiger partial charge in [0, 0.05) is 10.1 Å². The van der Waals surface area contributed by atoms with Crippen LogP contribution in [0.4, 0.5) is 0 Å². The summed E-state index contributed by atoms with van der Waals surface area (Å²) in [5.74, 6) is -0.249. The van der Waals surface area contributed by atoms with Crippen molar-refractivity contribution in [2.75, 3.05) is 6.54 Å². The fourth-order valence-corrected chi connectivity index (χ4v) is 3.27. The number of fused-ring (bicyclic) bond motifs is 1. The smallest absolute Gasteiger partial charge is 0.262 e. The van der Waals surface area contributed by atoms with E-state index < -0.39 is 0 Å². The summed E-state index contributed by atoms with van der Waals surface area (Å²) in [4.78, 5) is 25.9. The molecule has 1 aromatic rings. The minimum Gasteiger partial charge on any atom is -0.274 e. The molecule has 1 aliphatic heterocycles. The standard InChI is InChI=1S/C16H20INO2/c1-2-3-4-5-6-7-11-18-15(19)12-9-8-10-13(17)14(12)16(18)20/h8-10H,2-7,11H2,1H3. The van der Waals surface area contributed by atoms with Gasteiger partial charge < -0.3 is 0 Å². The SMILES string of the molecule is CCCCCCCCN1C(=O)c2cccc(I)c2C1=O. The number of amides is 2. The van der Waals surface area contributed by atoms with Crippen LogP contribution in [0.25, 0.3) is 0 Å². The van der Waals surface area contributed by atoms with E-state index in [9.17, 15) is 9.59 Å². The number of unbranched alkanes of at least 4 members (excludes halogenated alkanes) is 5. The molecule has 0 spiro atoms. The van der Waals surface area contributed by atoms with E-state index in [0.29, 0.717) is 17.7 Å². The number of imide groups is 1. The van der Waals surface area contributed by atoms with Crippen molar-refractivity contribution in [3.05, 3.63) is 32.9 Å². The van der Waals surface area contributed by atoms with Crippen LogP contribution in [0.5, 0.6) is 0 Å². The molecule has 0 aromatic heterocycles. The van der Waals surface area contributed by atoms with Gasteiger partial charge in [-0.05, 0) is 41.1 Å². The molecule has 1 heterocycles. The quantitative estimate of drug-likeness (QED) is 0.400. The van der Waals surface area contributed by atoms with Gasteiger partial charge in [-0.25, -0.2) is 0 Å². The molecule has 0 fully saturated rings. The summed E-state index contributed by atoms with van der Waals surface area (Å²) in [6.45, 7) is 2.74. The third-order valence-electron chi connectivity index (χ3n) is 3.68. The maximum Gasteiger partial charge on any atom is 0.262 e. The Hall–Kier alpha value is -0.910. The zero-order chi connectivity index (χ0) is 14.5. The summed E-state index contributed by atoms with van der Waals surface area (Å²) >= 11 is 2.12. The van der Waals surface area contributed by atoms with E-state index >= 15 is 0 Å². The number of benzene rings is 1. The Morgan fingerprint density at radius 3 is 2.40 bits per heavy atom. The normalized spacial score (nSPS) is 14.0. The van der Waals surface area contributed by atoms with Gasteiger partial charge in [0.2, 0.25) is 0 Å². The summed E-state index contributed by atoms with van der Waals surface area (Å²) < 4.78 is 0.865. The van der Waals surface area contributed by atoms with Crippen LogP contribution in [0.2, 0.25) is 0 Å². The number of nitrogens with zero attached hydrogens (tertiary/aromatic N) is 1. The largest absolute Gasteiger partial charge is 0.274 e. The average Bonchev–Trinajstić information content (AvgIpc) is 2.68. The predicted molar refractivity (Wildman–Crippen MR) is 87.9 cm³/mol. The van der Waals surface area contributed by atoms with Crippen molar-refractivity contribution in [1.29, 1.82) is 0 Å². The van der Waals surface area contributed by atoms with Crippen LogP contribution in [0.15, 0.2) is 18.2 Å². The van der Waals surface area contributed by atoms with E-state index in [0.717, 1.165) is 16.4 Å². The second-order valence-electron chi connectivity index (χ2n) is 5.19. The van der Waals surface area contributed by atoms with Crippen LogP contribution < -0.4 is 0 Å². The average molecular weight is 385 g/mol. The Bertz CT molecular complexity index is 513. The fourth-order valence-electron chi connectivity index (χ4n) is 2.55. The van der Waals surface area contributed by atoms with Crippen molar-refractivity contribution < 1.29 is 9.59 Å². The van der Waals surface area contributed by atoms with Crippen molar-refractivity contribution in [2.45, 2.75) is 45.4 Å². The van der Waals surface area contributed by atoms with Gasteiger partial charge in [-0.3, -0.25) is 14.5 Å². The molecule has 1 aliphatic rings. The third-order valence-corrected chi connectivity index (χ3v) is 4.58. The molecule has 0 atom stereocenters. The van der Waals surface area contributed by atoms with Gasteiger partial charge in [-0.2, -0.15) is 0 Å². The Balaban J connectivity index is 1.91. The van der Waals surface area contributed by atoms with E-state index in [4.69, 9.17) is 0 Å². The number of halogens is 1. The van der Waals surface area contributed by atoms with Crippen molar-refractivity contribution in [3.8, 4) is 0 Å². The highest BCUT2D eigenvalue weighted by Gasteiger charge is 2.36. The second kappa shape index (κ2) is 7.20. The van der Waals surface area contributed by atoms with E-state index in [1.165, 1.54) is 30.6 Å². The number of carbonyl (C=O) groups excluding carboxylic acids is 2. The van der Waals surface area contributed by atoms with Gasteiger partial charge in [0.25, 0.3) is 11.8 Å². The zero-order valence-electron chi connectivity index (χ0n) is 11.8. The summed E-state index contributed by atoms with van der Waals surface area (Å²) in [7, 11) is 0. The molecule has 4 heteroatoms. The molecular formula is C16H20INO2. The highest BCUT2D eigenvalue weighted by Crippen LogP contribution is 2.27. The van der Waals surface area contributed by atoms with Crippen LogP contribution in [0, 0.1) is 3.57 Å². The van der Waals surface area contributed by atoms with Gasteiger partial charge in [-0.15, -0.1) is 0 Å². The van der Waals surface area contributed by atoms with Crippen molar-refractivity contribution >= 4 is 34.4 Å². The van der Waals surface area contributed by atoms with E-state index in [2.05, 4.69) is 29.5 Å². The van der Waals surface area contributed by atoms with Gasteiger partial charge in [0.15, 0.2) is 0 Å². The molecule has 0 bridgehead atoms. The highest BCUT2D eigenvalue weighted by molar-refractivity contribution is 14.1. The molecule has 3 nitrogen and oxygen atoms in total. The van der Waals surface area contributed by atoms with Gasteiger partial charge in [0.1, 0.15) is 0 Å². The molecule has 0 radical (unpaired) electrons. The maximum atomic E-state index is 12.3. The van der Waals surface area contributed by atoms with E-state index in [-0.39, 0.29) is 11.8 Å². The molecule has 20 heavy (non-hydrogen) atoms. The molecule has 108 valence electrons. The first-order chi connectivity index (χ1) is 9.66. The predicted octanol–water partition coefficient (Wildman–Crippen LogP) is 4.25. The molecule has 0 N–H and O–H groups in total. The molecule has 0 saturated heterocycles. The third kappa shape index (κ3) is 3.22. The van der Waals surface area contributed by atoms with Crippen LogP contribution in [-0.4, -0.2) is 23.3 Å². The Morgan fingerprint density at radius 1 is 1.00 bits per heavy atom. The second-order valence-corrected chi connectivity index (χ2v) is 6.35. The topological polar surface area (TPSA) is 37.4 Å². The minimum atomic E-state index is -0.128. The van der Waals surface area contributed by atoms with Crippen LogP contribution in [-0.2, 0) is 0 Å². The summed E-state index contributed by atoms with van der Waals surface area (Å²) in [6.07, 6.45) is 6.93. The number of carbonyl (C=O) groups is 2. The number of rotatable bonds is 7. The maximum absolute atomic E-state index is 12.3. The van der Waals surface area contributed by atoms with Gasteiger partial charge in [0.05, 0.1) is 11.1 Å². The lowest BCUT2D eigenvalue weighted by Gasteiger charge is -2.13. The molecule has 1 aromatic carbocycles. The Labute approximate surface area is 133 Å². The van der Waals surface area contributed by atoms with Gasteiger partial charge in [-0.1, -0.05) is 45.1 Å². The van der Waals surface area contributed by atoms with Crippen molar-refractivity contribution in [3.63, 3.8) is 0 Å². The van der Waals surface area contributed by atoms with Crippen LogP contribution in [0.3, 0.4) is 0 Å². The lowest BCUT2D eigenvalue weighted by atomic mass is 10.1. The van der Waals surface area contributed by atoms with E-state index in [1.54, 1.807) is 6.07 Å². The molecule has 0 aliphatic carbocycles. The lowest BCUT2D eigenvalue weighted by molar-refractivity contribution is 0.0651. The summed E-state index contributed by atoms with van der Waals surface area (Å²) in [5.41, 5.74) is 1.15. The molecule has 0 saturated carbocycles. The van der Waals surface area contributed by atoms with Gasteiger partial charge >= 0.3 is 0 Å². The fraction of sp³-hybridized carbons (Fsp3) is 0.500. The zero-order valence-corrected chi connectivity index (χ0v) is 14.0. The number of hydrogen-bond donors (Lipinski definition) is 0. The lowest BCUT2D eigenvalue weighted by Crippen LogP contribution is -2.30. The highest BCUT2D eigenvalue weighted by atomic mass is 127. The van der Waals surface area contributed by atoms with Crippen molar-refractivity contribution in [1.82, 2.24) is 4.90 Å². The minimum absolute atomic E-state index is 0.122. The molecule has 2 rings (SSSR count). The summed E-state index contributed by atoms with van der Waals surface area (Å²) in [6, 6.07) is 5.46.